The van der Waals surface area contributed by atoms with E-state index in [1.54, 1.807) is 6.92 Å². The van der Waals surface area contributed by atoms with Crippen LogP contribution in [0.5, 0.6) is 0 Å². The number of hydrogen-bond donors (Lipinski definition) is 0. The Morgan fingerprint density at radius 3 is 2.75 bits per heavy atom. The van der Waals surface area contributed by atoms with Gasteiger partial charge in [-0.25, -0.2) is 8.42 Å². The van der Waals surface area contributed by atoms with E-state index in [1.807, 2.05) is 0 Å². The van der Waals surface area contributed by atoms with Gasteiger partial charge in [-0.05, 0) is 6.92 Å². The Balaban J connectivity index is 2.61. The number of rotatable bonds is 3. The molecule has 0 N–H and O–H groups in total. The van der Waals surface area contributed by atoms with Crippen LogP contribution in [0.1, 0.15) is 11.3 Å². The first-order valence-electron chi connectivity index (χ1n) is 3.31. The summed E-state index contributed by atoms with van der Waals surface area (Å²) < 4.78 is 25.9. The normalized spacial score (nSPS) is 11.8. The molecule has 0 aliphatic carbocycles. The third kappa shape index (κ3) is 2.83. The van der Waals surface area contributed by atoms with E-state index >= 15 is 0 Å². The Bertz CT molecular complexity index is 357. The first-order chi connectivity index (χ1) is 5.49. The highest BCUT2D eigenvalue weighted by Crippen LogP contribution is 2.09. The molecule has 1 heterocycles. The van der Waals surface area contributed by atoms with Crippen LogP contribution >= 0.6 is 10.7 Å². The van der Waals surface area contributed by atoms with Gasteiger partial charge in [-0.1, -0.05) is 5.16 Å². The number of nitrogens with zero attached hydrogens (tertiary/aromatic N) is 1. The zero-order valence-corrected chi connectivity index (χ0v) is 8.02. The van der Waals surface area contributed by atoms with Crippen molar-refractivity contribution in [3.63, 3.8) is 0 Å². The molecule has 1 aromatic rings. The molecule has 0 amide bonds. The molecule has 0 atom stereocenters. The molecular weight excluding hydrogens is 202 g/mol. The van der Waals surface area contributed by atoms with E-state index in [2.05, 4.69) is 5.16 Å². The molecule has 0 fully saturated rings. The Hall–Kier alpha value is -0.550. The van der Waals surface area contributed by atoms with Gasteiger partial charge >= 0.3 is 0 Å². The van der Waals surface area contributed by atoms with Crippen molar-refractivity contribution in [2.75, 3.05) is 5.75 Å². The molecule has 68 valence electrons. The van der Waals surface area contributed by atoms with Crippen LogP contribution in [-0.2, 0) is 15.5 Å². The molecule has 0 aromatic carbocycles. The molecule has 0 unspecified atom stereocenters. The summed E-state index contributed by atoms with van der Waals surface area (Å²) >= 11 is 0. The average Bonchev–Trinajstić information content (AvgIpc) is 2.29. The van der Waals surface area contributed by atoms with E-state index in [1.165, 1.54) is 6.20 Å². The van der Waals surface area contributed by atoms with Crippen molar-refractivity contribution in [1.82, 2.24) is 5.16 Å². The summed E-state index contributed by atoms with van der Waals surface area (Å²) in [5.74, 6) is 0.448. The van der Waals surface area contributed by atoms with E-state index < -0.39 is 9.05 Å². The van der Waals surface area contributed by atoms with Crippen LogP contribution < -0.4 is 0 Å². The van der Waals surface area contributed by atoms with Crippen molar-refractivity contribution in [3.8, 4) is 0 Å². The van der Waals surface area contributed by atoms with Crippen LogP contribution in [0.25, 0.3) is 0 Å². The van der Waals surface area contributed by atoms with Crippen LogP contribution in [-0.4, -0.2) is 19.3 Å². The van der Waals surface area contributed by atoms with Crippen LogP contribution in [0.2, 0.25) is 0 Å². The van der Waals surface area contributed by atoms with E-state index in [-0.39, 0.29) is 12.2 Å². The van der Waals surface area contributed by atoms with Gasteiger partial charge in [-0.2, -0.15) is 0 Å². The molecule has 0 bridgehead atoms. The molecule has 12 heavy (non-hydrogen) atoms. The maximum atomic E-state index is 10.5. The Morgan fingerprint density at radius 2 is 2.33 bits per heavy atom. The zero-order valence-electron chi connectivity index (χ0n) is 6.45. The minimum absolute atomic E-state index is 0.120. The lowest BCUT2D eigenvalue weighted by Gasteiger charge is -1.93. The molecule has 0 aliphatic heterocycles. The Labute approximate surface area is 74.9 Å². The van der Waals surface area contributed by atoms with Crippen LogP contribution in [0.3, 0.4) is 0 Å². The van der Waals surface area contributed by atoms with Crippen LogP contribution in [0.15, 0.2) is 10.7 Å². The summed E-state index contributed by atoms with van der Waals surface area (Å²) in [5, 5.41) is 3.51. The van der Waals surface area contributed by atoms with Crippen molar-refractivity contribution < 1.29 is 12.9 Å². The van der Waals surface area contributed by atoms with E-state index in [0.29, 0.717) is 5.76 Å². The minimum atomic E-state index is -3.43. The highest BCUT2D eigenvalue weighted by atomic mass is 35.7. The fourth-order valence-electron chi connectivity index (χ4n) is 0.770. The maximum Gasteiger partial charge on any atom is 0.233 e. The lowest BCUT2D eigenvalue weighted by atomic mass is 10.2. The lowest BCUT2D eigenvalue weighted by Crippen LogP contribution is -2.00. The Kier molecular flexibility index (Phi) is 2.74. The summed E-state index contributed by atoms with van der Waals surface area (Å²) in [6.07, 6.45) is 1.81. The topological polar surface area (TPSA) is 60.2 Å². The first-order valence-corrected chi connectivity index (χ1v) is 5.79. The molecule has 0 aliphatic rings. The SMILES string of the molecule is Cc1cnoc1CCS(=O)(=O)Cl. The molecule has 0 saturated heterocycles. The number of halogens is 1. The van der Waals surface area contributed by atoms with Crippen molar-refractivity contribution in [1.29, 1.82) is 0 Å². The van der Waals surface area contributed by atoms with Gasteiger partial charge in [0.1, 0.15) is 5.76 Å². The van der Waals surface area contributed by atoms with Gasteiger partial charge in [0.05, 0.1) is 11.9 Å². The average molecular weight is 210 g/mol. The highest BCUT2D eigenvalue weighted by molar-refractivity contribution is 8.13. The molecule has 6 heteroatoms. The van der Waals surface area contributed by atoms with Gasteiger partial charge in [0, 0.05) is 22.7 Å². The van der Waals surface area contributed by atoms with Crippen molar-refractivity contribution in [2.24, 2.45) is 0 Å². The molecule has 0 spiro atoms. The van der Waals surface area contributed by atoms with Crippen LogP contribution in [0.4, 0.5) is 0 Å². The molecule has 4 nitrogen and oxygen atoms in total. The summed E-state index contributed by atoms with van der Waals surface area (Å²) in [6, 6.07) is 0. The van der Waals surface area contributed by atoms with E-state index in [9.17, 15) is 8.42 Å². The van der Waals surface area contributed by atoms with Gasteiger partial charge in [0.2, 0.25) is 9.05 Å². The second kappa shape index (κ2) is 3.45. The predicted molar refractivity (Wildman–Crippen MR) is 44.6 cm³/mol. The maximum absolute atomic E-state index is 10.5. The first kappa shape index (κ1) is 9.54. The Morgan fingerprint density at radius 1 is 1.67 bits per heavy atom. The molecule has 0 radical (unpaired) electrons. The fourth-order valence-corrected chi connectivity index (χ4v) is 1.43. The summed E-state index contributed by atoms with van der Waals surface area (Å²) in [7, 11) is 1.58. The standard InChI is InChI=1S/C6H8ClNO3S/c1-5-4-8-11-6(5)2-3-12(7,9)10/h4H,2-3H2,1H3. The number of aromatic nitrogens is 1. The molecular formula is C6H8ClNO3S. The van der Waals surface area contributed by atoms with Gasteiger partial charge in [0.15, 0.2) is 0 Å². The van der Waals surface area contributed by atoms with E-state index in [4.69, 9.17) is 15.2 Å². The second-order valence-corrected chi connectivity index (χ2v) is 5.32. The van der Waals surface area contributed by atoms with Gasteiger partial charge in [0.25, 0.3) is 0 Å². The summed E-state index contributed by atoms with van der Waals surface area (Å²) in [4.78, 5) is 0. The molecule has 0 saturated carbocycles. The van der Waals surface area contributed by atoms with Gasteiger partial charge in [-0.3, -0.25) is 0 Å². The predicted octanol–water partition coefficient (Wildman–Crippen LogP) is 1.09. The molecule has 1 rings (SSSR count). The third-order valence-corrected chi connectivity index (χ3v) is 2.58. The summed E-state index contributed by atoms with van der Waals surface area (Å²) in [5.41, 5.74) is 0.843. The fraction of sp³-hybridized carbons (Fsp3) is 0.500. The monoisotopic (exact) mass is 209 g/mol. The molecule has 1 aromatic heterocycles. The second-order valence-electron chi connectivity index (χ2n) is 2.42. The quantitative estimate of drug-likeness (QED) is 0.700. The largest absolute Gasteiger partial charge is 0.361 e. The van der Waals surface area contributed by atoms with E-state index in [0.717, 1.165) is 5.56 Å². The minimum Gasteiger partial charge on any atom is -0.361 e. The number of hydrogen-bond acceptors (Lipinski definition) is 4. The smallest absolute Gasteiger partial charge is 0.233 e. The van der Waals surface area contributed by atoms with Crippen molar-refractivity contribution in [3.05, 3.63) is 17.5 Å². The summed E-state index contributed by atoms with van der Waals surface area (Å²) in [6.45, 7) is 1.80. The van der Waals surface area contributed by atoms with Gasteiger partial charge in [-0.15, -0.1) is 0 Å². The van der Waals surface area contributed by atoms with Gasteiger partial charge < -0.3 is 4.52 Å². The van der Waals surface area contributed by atoms with Crippen molar-refractivity contribution in [2.45, 2.75) is 13.3 Å². The lowest BCUT2D eigenvalue weighted by molar-refractivity contribution is 0.386. The van der Waals surface area contributed by atoms with Crippen molar-refractivity contribution >= 4 is 19.7 Å². The highest BCUT2D eigenvalue weighted by Gasteiger charge is 2.09. The van der Waals surface area contributed by atoms with Crippen LogP contribution in [0, 0.1) is 6.92 Å². The zero-order chi connectivity index (χ0) is 9.19. The third-order valence-electron chi connectivity index (χ3n) is 1.42. The number of aryl methyl sites for hydroxylation is 2.